The minimum Gasteiger partial charge on any atom is -0.451 e. The molecule has 0 fully saturated rings. The van der Waals surface area contributed by atoms with E-state index in [-0.39, 0.29) is 5.56 Å². The number of imide groups is 1. The molecule has 32 heavy (non-hydrogen) atoms. The minimum atomic E-state index is -1.25. The van der Waals surface area contributed by atoms with E-state index in [9.17, 15) is 33.7 Å². The van der Waals surface area contributed by atoms with Crippen LogP contribution in [0.4, 0.5) is 10.1 Å². The molecule has 2 unspecified atom stereocenters. The number of ether oxygens (including phenoxy) is 1. The lowest BCUT2D eigenvalue weighted by atomic mass is 10.1. The van der Waals surface area contributed by atoms with E-state index in [4.69, 9.17) is 4.74 Å². The summed E-state index contributed by atoms with van der Waals surface area (Å²) in [5.41, 5.74) is -0.490. The van der Waals surface area contributed by atoms with Crippen LogP contribution in [0, 0.1) is 15.9 Å². The molecule has 11 heteroatoms. The fourth-order valence-electron chi connectivity index (χ4n) is 3.19. The summed E-state index contributed by atoms with van der Waals surface area (Å²) in [5.74, 6) is -3.97. The molecule has 166 valence electrons. The van der Waals surface area contributed by atoms with Crippen molar-refractivity contribution in [3.05, 3.63) is 75.1 Å². The van der Waals surface area contributed by atoms with E-state index in [1.807, 2.05) is 0 Å². The summed E-state index contributed by atoms with van der Waals surface area (Å²) in [6.45, 7) is 2.15. The molecule has 0 saturated heterocycles. The number of amides is 3. The number of nitrogens with zero attached hydrogens (tertiary/aromatic N) is 2. The first-order valence-electron chi connectivity index (χ1n) is 9.49. The van der Waals surface area contributed by atoms with Gasteiger partial charge in [0.2, 0.25) is 0 Å². The van der Waals surface area contributed by atoms with Crippen LogP contribution in [0.25, 0.3) is 0 Å². The molecular formula is C21H18FN3O7. The van der Waals surface area contributed by atoms with E-state index >= 15 is 0 Å². The molecule has 3 amide bonds. The lowest BCUT2D eigenvalue weighted by Gasteiger charge is -2.19. The number of esters is 1. The van der Waals surface area contributed by atoms with E-state index in [1.54, 1.807) is 6.92 Å². The first kappa shape index (κ1) is 22.5. The highest BCUT2D eigenvalue weighted by atomic mass is 19.1. The zero-order chi connectivity index (χ0) is 23.6. The highest BCUT2D eigenvalue weighted by Gasteiger charge is 2.42. The van der Waals surface area contributed by atoms with Gasteiger partial charge in [-0.15, -0.1) is 0 Å². The number of carbonyl (C=O) groups is 4. The maximum Gasteiger partial charge on any atom is 0.326 e. The molecule has 0 saturated carbocycles. The van der Waals surface area contributed by atoms with Gasteiger partial charge in [-0.1, -0.05) is 18.2 Å². The van der Waals surface area contributed by atoms with Crippen LogP contribution >= 0.6 is 0 Å². The predicted octanol–water partition coefficient (Wildman–Crippen LogP) is 2.14. The Balaban J connectivity index is 1.61. The Morgan fingerprint density at radius 2 is 1.78 bits per heavy atom. The largest absolute Gasteiger partial charge is 0.451 e. The van der Waals surface area contributed by atoms with Gasteiger partial charge in [0.15, 0.2) is 6.10 Å². The third-order valence-corrected chi connectivity index (χ3v) is 4.87. The zero-order valence-corrected chi connectivity index (χ0v) is 17.0. The number of halogens is 1. The SMILES string of the molecule is CC(OC(=O)CN1C(=O)c2cccc([N+](=O)[O-])c2C1=O)C(=O)NC(C)c1ccc(F)cc1. The van der Waals surface area contributed by atoms with E-state index < -0.39 is 64.4 Å². The normalized spacial score (nSPS) is 14.5. The Kier molecular flexibility index (Phi) is 6.28. The third-order valence-electron chi connectivity index (χ3n) is 4.87. The van der Waals surface area contributed by atoms with Crippen LogP contribution in [0.3, 0.4) is 0 Å². The molecule has 2 aromatic carbocycles. The lowest BCUT2D eigenvalue weighted by molar-refractivity contribution is -0.385. The summed E-state index contributed by atoms with van der Waals surface area (Å²) in [4.78, 5) is 60.4. The van der Waals surface area contributed by atoms with Crippen LogP contribution in [0.15, 0.2) is 42.5 Å². The fourth-order valence-corrected chi connectivity index (χ4v) is 3.19. The van der Waals surface area contributed by atoms with Gasteiger partial charge in [-0.3, -0.25) is 34.2 Å². The Hall–Kier alpha value is -4.15. The summed E-state index contributed by atoms with van der Waals surface area (Å²) in [6.07, 6.45) is -1.25. The Morgan fingerprint density at radius 3 is 2.41 bits per heavy atom. The molecule has 0 aromatic heterocycles. The van der Waals surface area contributed by atoms with Gasteiger partial charge in [0.25, 0.3) is 23.4 Å². The van der Waals surface area contributed by atoms with Crippen molar-refractivity contribution < 1.29 is 33.2 Å². The number of nitro benzene ring substituents is 1. The van der Waals surface area contributed by atoms with E-state index in [0.29, 0.717) is 10.5 Å². The van der Waals surface area contributed by atoms with Gasteiger partial charge in [0.1, 0.15) is 17.9 Å². The molecule has 1 aliphatic heterocycles. The van der Waals surface area contributed by atoms with Gasteiger partial charge < -0.3 is 10.1 Å². The topological polar surface area (TPSA) is 136 Å². The second-order valence-corrected chi connectivity index (χ2v) is 7.07. The van der Waals surface area contributed by atoms with Crippen LogP contribution in [-0.4, -0.2) is 46.2 Å². The maximum absolute atomic E-state index is 13.0. The van der Waals surface area contributed by atoms with Gasteiger partial charge in [-0.25, -0.2) is 4.39 Å². The monoisotopic (exact) mass is 443 g/mol. The molecule has 3 rings (SSSR count). The van der Waals surface area contributed by atoms with Gasteiger partial charge >= 0.3 is 5.97 Å². The Bertz CT molecular complexity index is 1120. The number of hydrogen-bond donors (Lipinski definition) is 1. The molecule has 0 spiro atoms. The summed E-state index contributed by atoms with van der Waals surface area (Å²) >= 11 is 0. The van der Waals surface area contributed by atoms with Crippen molar-refractivity contribution >= 4 is 29.4 Å². The Labute approximate surface area is 181 Å². The molecule has 1 N–H and O–H groups in total. The summed E-state index contributed by atoms with van der Waals surface area (Å²) in [7, 11) is 0. The standard InChI is InChI=1S/C21H18FN3O7/c1-11(13-6-8-14(22)9-7-13)23-19(27)12(2)32-17(26)10-24-20(28)15-4-3-5-16(25(30)31)18(15)21(24)29/h3-9,11-12H,10H2,1-2H3,(H,23,27). The van der Waals surface area contributed by atoms with Gasteiger partial charge in [-0.2, -0.15) is 0 Å². The quantitative estimate of drug-likeness (QED) is 0.300. The molecule has 0 radical (unpaired) electrons. The van der Waals surface area contributed by atoms with Crippen molar-refractivity contribution in [2.24, 2.45) is 0 Å². The molecular weight excluding hydrogens is 425 g/mol. The molecule has 10 nitrogen and oxygen atoms in total. The zero-order valence-electron chi connectivity index (χ0n) is 17.0. The average molecular weight is 443 g/mol. The first-order chi connectivity index (χ1) is 15.1. The van der Waals surface area contributed by atoms with E-state index in [2.05, 4.69) is 5.32 Å². The fraction of sp³-hybridized carbons (Fsp3) is 0.238. The predicted molar refractivity (Wildman–Crippen MR) is 107 cm³/mol. The average Bonchev–Trinajstić information content (AvgIpc) is 2.98. The van der Waals surface area contributed by atoms with Crippen LogP contribution in [0.2, 0.25) is 0 Å². The number of nitro groups is 1. The van der Waals surface area contributed by atoms with Crippen molar-refractivity contribution in [2.45, 2.75) is 26.0 Å². The molecule has 0 bridgehead atoms. The number of fused-ring (bicyclic) bond motifs is 1. The van der Waals surface area contributed by atoms with Gasteiger partial charge in [0.05, 0.1) is 16.5 Å². The minimum absolute atomic E-state index is 0.184. The highest BCUT2D eigenvalue weighted by Crippen LogP contribution is 2.30. The third kappa shape index (κ3) is 4.46. The molecule has 2 atom stereocenters. The highest BCUT2D eigenvalue weighted by molar-refractivity contribution is 6.24. The van der Waals surface area contributed by atoms with Crippen molar-refractivity contribution in [3.8, 4) is 0 Å². The summed E-state index contributed by atoms with van der Waals surface area (Å²) in [5, 5.41) is 13.7. The first-order valence-corrected chi connectivity index (χ1v) is 9.49. The van der Waals surface area contributed by atoms with Gasteiger partial charge in [0, 0.05) is 6.07 Å². The number of hydrogen-bond acceptors (Lipinski definition) is 7. The number of benzene rings is 2. The molecule has 2 aromatic rings. The van der Waals surface area contributed by atoms with E-state index in [1.165, 1.54) is 43.3 Å². The summed E-state index contributed by atoms with van der Waals surface area (Å²) < 4.78 is 18.0. The second kappa shape index (κ2) is 8.92. The van der Waals surface area contributed by atoms with E-state index in [0.717, 1.165) is 6.07 Å². The van der Waals surface area contributed by atoms with Crippen molar-refractivity contribution in [1.29, 1.82) is 0 Å². The van der Waals surface area contributed by atoms with Crippen LogP contribution in [-0.2, 0) is 14.3 Å². The lowest BCUT2D eigenvalue weighted by Crippen LogP contribution is -2.41. The smallest absolute Gasteiger partial charge is 0.326 e. The van der Waals surface area contributed by atoms with Crippen LogP contribution in [0.1, 0.15) is 46.2 Å². The van der Waals surface area contributed by atoms with Crippen molar-refractivity contribution in [2.75, 3.05) is 6.54 Å². The molecule has 1 heterocycles. The number of nitrogens with one attached hydrogen (secondary N) is 1. The van der Waals surface area contributed by atoms with Crippen molar-refractivity contribution in [3.63, 3.8) is 0 Å². The summed E-state index contributed by atoms with van der Waals surface area (Å²) in [6, 6.07) is 8.58. The number of carbonyl (C=O) groups excluding carboxylic acids is 4. The van der Waals surface area contributed by atoms with Gasteiger partial charge in [-0.05, 0) is 37.6 Å². The second-order valence-electron chi connectivity index (χ2n) is 7.07. The molecule has 1 aliphatic rings. The van der Waals surface area contributed by atoms with Crippen LogP contribution < -0.4 is 5.32 Å². The maximum atomic E-state index is 13.0. The number of rotatable bonds is 7. The van der Waals surface area contributed by atoms with Crippen LogP contribution in [0.5, 0.6) is 0 Å². The molecule has 0 aliphatic carbocycles. The Morgan fingerprint density at radius 1 is 1.12 bits per heavy atom. The van der Waals surface area contributed by atoms with Crippen molar-refractivity contribution in [1.82, 2.24) is 10.2 Å².